The van der Waals surface area contributed by atoms with E-state index in [1.165, 1.54) is 39.5 Å². The van der Waals surface area contributed by atoms with Crippen LogP contribution in [0.1, 0.15) is 111 Å². The third-order valence-electron chi connectivity index (χ3n) is 15.0. The molecule has 31 nitrogen and oxygen atoms in total. The molecular formula is C76H94ClN7O24. The van der Waals surface area contributed by atoms with E-state index >= 15 is 0 Å². The molecule has 0 atom stereocenters. The van der Waals surface area contributed by atoms with Gasteiger partial charge in [-0.2, -0.15) is 0 Å². The Labute approximate surface area is 631 Å². The molecule has 0 spiro atoms. The van der Waals surface area contributed by atoms with Gasteiger partial charge < -0.3 is 88.3 Å². The number of nitro groups is 3. The number of rotatable bonds is 33. The minimum absolute atomic E-state index is 0. The van der Waals surface area contributed by atoms with E-state index in [9.17, 15) is 60.4 Å². The summed E-state index contributed by atoms with van der Waals surface area (Å²) in [4.78, 5) is 60.4. The summed E-state index contributed by atoms with van der Waals surface area (Å²) in [6.07, 6.45) is 8.33. The highest BCUT2D eigenvalue weighted by atomic mass is 35.5. The number of pyridine rings is 2. The SMILES string of the molecule is C.CCOc1c(OC)cc(C=O)cc1[N+](=O)[O-].CCOc1ccc2c(Cc3cc(N)c(OCC)c(OC)c3)cncc2c1O.CCOc1ccc2c(Cc3cc(OC)c(OCC)c([N+](=O)[O-])c3)cncc2c1O.CCOc1cccc(CNCC(OCC)OCC)c1O.COc1cc(C=O)cc([N+](=O)[O-])c1O.Cl. The Morgan fingerprint density at radius 1 is 0.444 bits per heavy atom. The van der Waals surface area contributed by atoms with E-state index in [1.807, 2.05) is 77.9 Å². The molecular weight excluding hydrogens is 1430 g/mol. The number of aromatic hydroxyl groups is 4. The van der Waals surface area contributed by atoms with Crippen molar-refractivity contribution in [3.05, 3.63) is 185 Å². The predicted octanol–water partition coefficient (Wildman–Crippen LogP) is 14.4. The number of carbonyl (C=O) groups is 2. The van der Waals surface area contributed by atoms with E-state index in [4.69, 9.17) is 57.8 Å². The average molecular weight is 1530 g/mol. The van der Waals surface area contributed by atoms with Gasteiger partial charge in [-0.15, -0.1) is 12.4 Å². The first kappa shape index (κ1) is 90.3. The van der Waals surface area contributed by atoms with Crippen LogP contribution in [-0.4, -0.2) is 152 Å². The van der Waals surface area contributed by atoms with Gasteiger partial charge in [0, 0.05) is 96.8 Å². The van der Waals surface area contributed by atoms with Crippen LogP contribution < -0.4 is 58.4 Å². The fourth-order valence-corrected chi connectivity index (χ4v) is 10.4. The third kappa shape index (κ3) is 24.6. The highest BCUT2D eigenvalue weighted by Crippen LogP contribution is 2.43. The second-order valence-electron chi connectivity index (χ2n) is 21.8. The molecule has 0 saturated heterocycles. The minimum Gasteiger partial charge on any atom is -0.504 e. The standard InChI is InChI=1S/C21H22N2O6.C21H24N2O4.C15H25NO4.C10H11NO5.C8H7NO5.CH4.ClH/c1-4-28-18-7-6-15-14(11-22-12-16(15)20(18)24)8-13-9-17(23(25)26)21(29-5-2)19(10-13)27-3;1-4-26-18-7-6-15-14(11-23-12-16(15)20(18)24)8-13-9-17(22)21(27-5-2)19(10-13)25-3;1-4-18-13-9-7-8-12(15(13)17)10-16-11-14(19-5-2)20-6-3;1-3-16-10-8(11(13)14)4-7(6-12)5-9(10)15-2;1-14-7-3-5(4-10)2-6(8(7)11)9(12)13;;/h6-7,9-12,24H,4-5,8H2,1-3H3;6-7,9-12,24H,4-5,8,22H2,1-3H3;7-9,14,16-17H,4-6,10-11H2,1-3H3;4-6H,3H2,1-2H3;2-4,11H,1H3;1H4;1H. The Morgan fingerprint density at radius 3 is 1.27 bits per heavy atom. The number of hydrogen-bond acceptors (Lipinski definition) is 28. The van der Waals surface area contributed by atoms with Gasteiger partial charge in [-0.25, -0.2) is 0 Å². The zero-order chi connectivity index (χ0) is 78.0. The summed E-state index contributed by atoms with van der Waals surface area (Å²) in [5, 5.41) is 79.2. The number of nitro benzene ring substituents is 3. The maximum absolute atomic E-state index is 11.5. The molecule has 0 bridgehead atoms. The molecule has 584 valence electrons. The van der Waals surface area contributed by atoms with Crippen molar-refractivity contribution in [3.8, 4) is 80.5 Å². The van der Waals surface area contributed by atoms with Crippen molar-refractivity contribution in [1.82, 2.24) is 15.3 Å². The molecule has 32 heteroatoms. The van der Waals surface area contributed by atoms with E-state index in [-0.39, 0.29) is 102 Å². The number of hydrogen-bond donors (Lipinski definition) is 6. The second-order valence-corrected chi connectivity index (χ2v) is 21.8. The number of anilines is 1. The topological polar surface area (TPSA) is 419 Å². The zero-order valence-corrected chi connectivity index (χ0v) is 62.2. The first-order valence-electron chi connectivity index (χ1n) is 33.4. The lowest BCUT2D eigenvalue weighted by Crippen LogP contribution is -2.31. The molecule has 2 heterocycles. The van der Waals surface area contributed by atoms with Crippen LogP contribution in [0.5, 0.6) is 80.5 Å². The maximum atomic E-state index is 11.5. The molecule has 0 unspecified atom stereocenters. The number of benzene rings is 7. The van der Waals surface area contributed by atoms with Gasteiger partial charge in [-0.3, -0.25) is 49.9 Å². The number of methoxy groups -OCH3 is 4. The Morgan fingerprint density at radius 2 is 0.843 bits per heavy atom. The molecule has 0 aliphatic rings. The maximum Gasteiger partial charge on any atom is 0.315 e. The van der Waals surface area contributed by atoms with Crippen molar-refractivity contribution in [2.45, 2.75) is 88.5 Å². The Bertz CT molecular complexity index is 4430. The largest absolute Gasteiger partial charge is 0.504 e. The van der Waals surface area contributed by atoms with E-state index in [2.05, 4.69) is 20.0 Å². The van der Waals surface area contributed by atoms with Crippen LogP contribution in [0, 0.1) is 30.3 Å². The highest BCUT2D eigenvalue weighted by molar-refractivity contribution is 5.93. The normalized spacial score (nSPS) is 10.3. The van der Waals surface area contributed by atoms with Crippen LogP contribution in [-0.2, 0) is 28.9 Å². The van der Waals surface area contributed by atoms with E-state index in [0.29, 0.717) is 135 Å². The van der Waals surface area contributed by atoms with Crippen molar-refractivity contribution in [2.75, 3.05) is 93.6 Å². The van der Waals surface area contributed by atoms with Gasteiger partial charge in [0.25, 0.3) is 0 Å². The molecule has 9 rings (SSSR count). The summed E-state index contributed by atoms with van der Waals surface area (Å²) in [5.41, 5.74) is 10.2. The number of nitrogens with zero attached hydrogens (tertiary/aromatic N) is 5. The number of nitrogen functional groups attached to an aromatic ring is 1. The van der Waals surface area contributed by atoms with Crippen molar-refractivity contribution in [3.63, 3.8) is 0 Å². The molecule has 0 radical (unpaired) electrons. The van der Waals surface area contributed by atoms with E-state index in [0.717, 1.165) is 45.2 Å². The van der Waals surface area contributed by atoms with Gasteiger partial charge in [0.1, 0.15) is 12.6 Å². The second kappa shape index (κ2) is 46.1. The van der Waals surface area contributed by atoms with Crippen LogP contribution in [0.25, 0.3) is 21.5 Å². The van der Waals surface area contributed by atoms with Crippen LogP contribution in [0.2, 0.25) is 0 Å². The van der Waals surface area contributed by atoms with Crippen LogP contribution in [0.15, 0.2) is 116 Å². The van der Waals surface area contributed by atoms with Gasteiger partial charge in [-0.05, 0) is 150 Å². The summed E-state index contributed by atoms with van der Waals surface area (Å²) in [5.74, 6) is 2.77. The van der Waals surface area contributed by atoms with E-state index in [1.54, 1.807) is 70.0 Å². The molecule has 7 aromatic carbocycles. The van der Waals surface area contributed by atoms with Crippen molar-refractivity contribution < 1.29 is 102 Å². The lowest BCUT2D eigenvalue weighted by molar-refractivity contribution is -0.386. The number of fused-ring (bicyclic) bond motifs is 2. The number of carbonyl (C=O) groups excluding carboxylic acids is 2. The van der Waals surface area contributed by atoms with Crippen molar-refractivity contribution in [2.24, 2.45) is 0 Å². The molecule has 0 aliphatic carbocycles. The third-order valence-corrected chi connectivity index (χ3v) is 15.0. The highest BCUT2D eigenvalue weighted by Gasteiger charge is 2.25. The van der Waals surface area contributed by atoms with Crippen LogP contribution >= 0.6 is 12.4 Å². The fourth-order valence-electron chi connectivity index (χ4n) is 10.4. The van der Waals surface area contributed by atoms with Gasteiger partial charge in [0.2, 0.25) is 17.2 Å². The lowest BCUT2D eigenvalue weighted by atomic mass is 9.99. The minimum atomic E-state index is -0.787. The number of nitrogens with two attached hydrogens (primary N) is 1. The Balaban J connectivity index is 0.000000358. The Kier molecular flexibility index (Phi) is 38.5. The first-order valence-corrected chi connectivity index (χ1v) is 33.4. The first-order chi connectivity index (χ1) is 51.0. The molecule has 0 saturated carbocycles. The molecule has 0 amide bonds. The lowest BCUT2D eigenvalue weighted by Gasteiger charge is -2.18. The molecule has 0 fully saturated rings. The van der Waals surface area contributed by atoms with Gasteiger partial charge >= 0.3 is 17.1 Å². The number of halogens is 1. The molecule has 7 N–H and O–H groups in total. The van der Waals surface area contributed by atoms with Gasteiger partial charge in [0.05, 0.1) is 88.5 Å². The summed E-state index contributed by atoms with van der Waals surface area (Å²) >= 11 is 0. The quantitative estimate of drug-likeness (QED) is 0.00731. The molecule has 9 aromatic rings. The van der Waals surface area contributed by atoms with Crippen molar-refractivity contribution in [1.29, 1.82) is 0 Å². The smallest absolute Gasteiger partial charge is 0.315 e. The Hall–Kier alpha value is -11.9. The fraction of sp³-hybridized carbons (Fsp3) is 0.342. The number of aldehydes is 2. The predicted molar refractivity (Wildman–Crippen MR) is 409 cm³/mol. The monoisotopic (exact) mass is 1520 g/mol. The van der Waals surface area contributed by atoms with Gasteiger partial charge in [-0.1, -0.05) is 31.7 Å². The number of ether oxygens (including phenoxy) is 12. The summed E-state index contributed by atoms with van der Waals surface area (Å²) in [7, 11) is 5.63. The summed E-state index contributed by atoms with van der Waals surface area (Å²) in [6.45, 7) is 19.7. The molecule has 0 aliphatic heterocycles. The van der Waals surface area contributed by atoms with Crippen LogP contribution in [0.3, 0.4) is 0 Å². The molecule has 2 aromatic heterocycles. The number of phenolic OH excluding ortho intramolecular Hbond substituents is 4. The number of aromatic nitrogens is 2. The number of phenols is 4. The molecule has 108 heavy (non-hydrogen) atoms. The van der Waals surface area contributed by atoms with Crippen molar-refractivity contribution >= 4 is 69.3 Å². The zero-order valence-electron chi connectivity index (χ0n) is 61.4. The number of para-hydroxylation sites is 1. The van der Waals surface area contributed by atoms with E-state index < -0.39 is 26.2 Å². The van der Waals surface area contributed by atoms with Crippen LogP contribution in [0.4, 0.5) is 22.7 Å². The van der Waals surface area contributed by atoms with Gasteiger partial charge in [0.15, 0.2) is 69.5 Å². The number of nitrogens with one attached hydrogen (secondary N) is 1. The average Bonchev–Trinajstić information content (AvgIpc) is 0.791. The summed E-state index contributed by atoms with van der Waals surface area (Å²) < 4.78 is 63.6. The summed E-state index contributed by atoms with van der Waals surface area (Å²) in [6, 6.07) is 24.5.